The van der Waals surface area contributed by atoms with Crippen molar-refractivity contribution in [3.05, 3.63) is 11.6 Å². The Balaban J connectivity index is 1.69. The van der Waals surface area contributed by atoms with E-state index in [-0.39, 0.29) is 18.5 Å². The molecule has 146 valence electrons. The maximum absolute atomic E-state index is 12.3. The molecule has 3 rings (SSSR count). The number of carbonyl (C=O) groups is 1. The molecule has 0 spiro atoms. The fourth-order valence-corrected chi connectivity index (χ4v) is 4.55. The second kappa shape index (κ2) is 7.12. The van der Waals surface area contributed by atoms with E-state index < -0.39 is 10.2 Å². The van der Waals surface area contributed by atoms with Crippen molar-refractivity contribution >= 4 is 16.2 Å². The smallest absolute Gasteiger partial charge is 0.319 e. The second-order valence-electron chi connectivity index (χ2n) is 7.19. The monoisotopic (exact) mass is 385 g/mol. The van der Waals surface area contributed by atoms with Crippen molar-refractivity contribution in [2.75, 3.05) is 47.8 Å². The van der Waals surface area contributed by atoms with E-state index in [4.69, 9.17) is 0 Å². The van der Waals surface area contributed by atoms with Gasteiger partial charge in [-0.15, -0.1) is 10.2 Å². The quantitative estimate of drug-likeness (QED) is 0.716. The molecule has 0 aromatic carbocycles. The van der Waals surface area contributed by atoms with E-state index in [0.29, 0.717) is 32.0 Å². The van der Waals surface area contributed by atoms with Crippen LogP contribution in [0.4, 0.5) is 4.79 Å². The van der Waals surface area contributed by atoms with E-state index in [9.17, 15) is 13.2 Å². The molecule has 0 aliphatic carbocycles. The number of piperidine rings is 1. The third-order valence-corrected chi connectivity index (χ3v) is 6.93. The van der Waals surface area contributed by atoms with Gasteiger partial charge in [0.05, 0.1) is 6.54 Å². The Hall–Kier alpha value is -1.72. The van der Waals surface area contributed by atoms with Crippen LogP contribution in [0.1, 0.15) is 30.4 Å². The summed E-state index contributed by atoms with van der Waals surface area (Å²) in [5.41, 5.74) is 0. The topological polar surface area (TPSA) is 94.9 Å². The highest BCUT2D eigenvalue weighted by Crippen LogP contribution is 2.29. The molecule has 0 N–H and O–H groups in total. The zero-order valence-electron chi connectivity index (χ0n) is 15.8. The first-order chi connectivity index (χ1) is 12.2. The minimum Gasteiger partial charge on any atom is -0.331 e. The Morgan fingerprint density at radius 1 is 1.04 bits per heavy atom. The normalized spacial score (nSPS) is 19.7. The first kappa shape index (κ1) is 19.1. The molecular formula is C15H27N7O3S. The lowest BCUT2D eigenvalue weighted by Gasteiger charge is -2.34. The van der Waals surface area contributed by atoms with E-state index in [1.807, 2.05) is 4.90 Å². The highest BCUT2D eigenvalue weighted by Gasteiger charge is 2.33. The predicted octanol–water partition coefficient (Wildman–Crippen LogP) is -0.239. The number of fused-ring (bicyclic) bond motifs is 1. The summed E-state index contributed by atoms with van der Waals surface area (Å²) in [7, 11) is 3.14. The molecule has 2 aliphatic rings. The zero-order valence-corrected chi connectivity index (χ0v) is 16.6. The van der Waals surface area contributed by atoms with Crippen LogP contribution in [0.2, 0.25) is 0 Å². The van der Waals surface area contributed by atoms with Gasteiger partial charge in [-0.05, 0) is 12.8 Å². The van der Waals surface area contributed by atoms with Crippen molar-refractivity contribution in [2.45, 2.75) is 31.8 Å². The van der Waals surface area contributed by atoms with Crippen LogP contribution in [0.5, 0.6) is 0 Å². The Labute approximate surface area is 154 Å². The number of hydrogen-bond donors (Lipinski definition) is 0. The van der Waals surface area contributed by atoms with E-state index in [2.05, 4.69) is 14.8 Å². The minimum atomic E-state index is -3.45. The van der Waals surface area contributed by atoms with Crippen molar-refractivity contribution in [3.8, 4) is 0 Å². The number of carbonyl (C=O) groups excluding carboxylic acids is 1. The van der Waals surface area contributed by atoms with E-state index in [1.165, 1.54) is 22.7 Å². The third kappa shape index (κ3) is 3.42. The van der Waals surface area contributed by atoms with E-state index in [0.717, 1.165) is 18.7 Å². The van der Waals surface area contributed by atoms with E-state index >= 15 is 0 Å². The summed E-state index contributed by atoms with van der Waals surface area (Å²) in [5.74, 6) is 1.85. The average molecular weight is 385 g/mol. The number of amides is 2. The molecule has 0 saturated carbocycles. The van der Waals surface area contributed by atoms with Gasteiger partial charge >= 0.3 is 6.03 Å². The van der Waals surface area contributed by atoms with Crippen molar-refractivity contribution in [1.82, 2.24) is 33.2 Å². The molecule has 2 amide bonds. The first-order valence-corrected chi connectivity index (χ1v) is 10.2. The summed E-state index contributed by atoms with van der Waals surface area (Å²) in [5, 5.41) is 8.59. The molecule has 3 heterocycles. The van der Waals surface area contributed by atoms with Gasteiger partial charge in [0.2, 0.25) is 0 Å². The van der Waals surface area contributed by atoms with Gasteiger partial charge in [0.15, 0.2) is 0 Å². The lowest BCUT2D eigenvalue weighted by molar-refractivity contribution is 0.155. The summed E-state index contributed by atoms with van der Waals surface area (Å²) >= 11 is 0. The second-order valence-corrected chi connectivity index (χ2v) is 9.33. The Bertz CT molecular complexity index is 766. The van der Waals surface area contributed by atoms with Crippen LogP contribution in [0.25, 0.3) is 0 Å². The number of rotatable bonds is 3. The van der Waals surface area contributed by atoms with Gasteiger partial charge in [0.25, 0.3) is 10.2 Å². The highest BCUT2D eigenvalue weighted by molar-refractivity contribution is 7.86. The van der Waals surface area contributed by atoms with Gasteiger partial charge < -0.3 is 14.4 Å². The fourth-order valence-electron chi connectivity index (χ4n) is 3.50. The van der Waals surface area contributed by atoms with Crippen molar-refractivity contribution in [1.29, 1.82) is 0 Å². The molecule has 1 fully saturated rings. The molecule has 1 saturated heterocycles. The fraction of sp³-hybridized carbons (Fsp3) is 0.800. The largest absolute Gasteiger partial charge is 0.331 e. The molecule has 0 unspecified atom stereocenters. The molecule has 26 heavy (non-hydrogen) atoms. The molecule has 1 aromatic heterocycles. The van der Waals surface area contributed by atoms with Crippen LogP contribution >= 0.6 is 0 Å². The van der Waals surface area contributed by atoms with Crippen molar-refractivity contribution in [2.24, 2.45) is 0 Å². The molecule has 0 bridgehead atoms. The van der Waals surface area contributed by atoms with Crippen LogP contribution in [0.3, 0.4) is 0 Å². The van der Waals surface area contributed by atoms with Gasteiger partial charge in [-0.1, -0.05) is 0 Å². The van der Waals surface area contributed by atoms with Gasteiger partial charge in [-0.3, -0.25) is 0 Å². The molecule has 0 atom stereocenters. The molecule has 10 nitrogen and oxygen atoms in total. The summed E-state index contributed by atoms with van der Waals surface area (Å²) in [6.07, 6.45) is 1.69. The van der Waals surface area contributed by atoms with Crippen molar-refractivity contribution in [3.63, 3.8) is 0 Å². The van der Waals surface area contributed by atoms with Crippen LogP contribution in [0.15, 0.2) is 0 Å². The molecule has 0 radical (unpaired) electrons. The van der Waals surface area contributed by atoms with Crippen molar-refractivity contribution < 1.29 is 13.2 Å². The van der Waals surface area contributed by atoms with Gasteiger partial charge in [-0.2, -0.15) is 17.0 Å². The number of urea groups is 1. The SMILES string of the molecule is CN(C)C(=O)N1CCC(c2nnc3n2CCN(S(=O)(=O)N(C)C)C3)CC1. The maximum atomic E-state index is 12.3. The first-order valence-electron chi connectivity index (χ1n) is 8.77. The highest BCUT2D eigenvalue weighted by atomic mass is 32.2. The average Bonchev–Trinajstić information content (AvgIpc) is 3.04. The van der Waals surface area contributed by atoms with Crippen LogP contribution in [-0.2, 0) is 23.3 Å². The van der Waals surface area contributed by atoms with Crippen LogP contribution in [-0.4, -0.2) is 95.4 Å². The lowest BCUT2D eigenvalue weighted by atomic mass is 9.96. The summed E-state index contributed by atoms with van der Waals surface area (Å²) < 4.78 is 29.3. The zero-order chi connectivity index (χ0) is 19.1. The molecule has 11 heteroatoms. The predicted molar refractivity (Wildman–Crippen MR) is 95.7 cm³/mol. The Morgan fingerprint density at radius 2 is 1.69 bits per heavy atom. The minimum absolute atomic E-state index is 0.0382. The lowest BCUT2D eigenvalue weighted by Crippen LogP contribution is -2.45. The summed E-state index contributed by atoms with van der Waals surface area (Å²) in [6.45, 7) is 2.61. The number of hydrogen-bond acceptors (Lipinski definition) is 5. The van der Waals surface area contributed by atoms with E-state index in [1.54, 1.807) is 19.0 Å². The van der Waals surface area contributed by atoms with Crippen LogP contribution in [0, 0.1) is 0 Å². The van der Waals surface area contributed by atoms with Gasteiger partial charge in [-0.25, -0.2) is 4.79 Å². The number of likely N-dealkylation sites (tertiary alicyclic amines) is 1. The Morgan fingerprint density at radius 3 is 2.27 bits per heavy atom. The van der Waals surface area contributed by atoms with Gasteiger partial charge in [0.1, 0.15) is 11.6 Å². The third-order valence-electron chi connectivity index (χ3n) is 5.05. The summed E-state index contributed by atoms with van der Waals surface area (Å²) in [6, 6.07) is 0.0382. The van der Waals surface area contributed by atoms with Crippen LogP contribution < -0.4 is 0 Å². The summed E-state index contributed by atoms with van der Waals surface area (Å²) in [4.78, 5) is 15.5. The Kier molecular flexibility index (Phi) is 5.22. The molecule has 2 aliphatic heterocycles. The molecular weight excluding hydrogens is 358 g/mol. The molecule has 1 aromatic rings. The standard InChI is InChI=1S/C15H27N7O3S/c1-18(2)15(23)20-7-5-12(6-8-20)14-17-16-13-11-21(9-10-22(13)14)26(24,25)19(3)4/h12H,5-11H2,1-4H3. The maximum Gasteiger partial charge on any atom is 0.319 e. The number of aromatic nitrogens is 3. The van der Waals surface area contributed by atoms with Gasteiger partial charge in [0, 0.05) is 60.3 Å². The number of nitrogens with zero attached hydrogens (tertiary/aromatic N) is 7.